The zero-order valence-corrected chi connectivity index (χ0v) is 16.0. The van der Waals surface area contributed by atoms with Crippen LogP contribution in [0.2, 0.25) is 0 Å². The van der Waals surface area contributed by atoms with E-state index in [2.05, 4.69) is 0 Å². The van der Waals surface area contributed by atoms with Gasteiger partial charge in [-0.05, 0) is 32.9 Å². The Kier molecular flexibility index (Phi) is 5.16. The van der Waals surface area contributed by atoms with Crippen molar-refractivity contribution in [2.24, 2.45) is 0 Å². The highest BCUT2D eigenvalue weighted by Gasteiger charge is 2.47. The molecule has 0 saturated carbocycles. The summed E-state index contributed by atoms with van der Waals surface area (Å²) in [6.07, 6.45) is -3.05. The van der Waals surface area contributed by atoms with Crippen LogP contribution in [0, 0.1) is 0 Å². The van der Waals surface area contributed by atoms with Crippen molar-refractivity contribution in [3.63, 3.8) is 0 Å². The molecule has 1 atom stereocenters. The van der Waals surface area contributed by atoms with E-state index in [1.165, 1.54) is 17.0 Å². The number of carbonyl (C=O) groups is 3. The van der Waals surface area contributed by atoms with Gasteiger partial charge >= 0.3 is 6.09 Å². The normalized spacial score (nSPS) is 20.2. The molecule has 8 nitrogen and oxygen atoms in total. The van der Waals surface area contributed by atoms with Crippen molar-refractivity contribution in [3.8, 4) is 0 Å². The van der Waals surface area contributed by atoms with Crippen molar-refractivity contribution in [1.82, 2.24) is 9.96 Å². The van der Waals surface area contributed by atoms with Gasteiger partial charge in [-0.2, -0.15) is 0 Å². The van der Waals surface area contributed by atoms with E-state index < -0.39 is 35.5 Å². The van der Waals surface area contributed by atoms with E-state index in [0.717, 1.165) is 0 Å². The average Bonchev–Trinajstić information content (AvgIpc) is 2.86. The number of amides is 3. The van der Waals surface area contributed by atoms with Gasteiger partial charge in [-0.3, -0.25) is 9.59 Å². The minimum atomic E-state index is -2.21. The van der Waals surface area contributed by atoms with Crippen LogP contribution in [0.1, 0.15) is 54.3 Å². The maximum Gasteiger partial charge on any atom is 0.410 e. The zero-order valence-electron chi connectivity index (χ0n) is 16.0. The van der Waals surface area contributed by atoms with Crippen LogP contribution in [0.15, 0.2) is 24.3 Å². The Labute approximate surface area is 161 Å². The number of aliphatic hydroxyl groups excluding tert-OH is 1. The van der Waals surface area contributed by atoms with E-state index in [9.17, 15) is 19.5 Å². The molecule has 2 aliphatic rings. The smallest absolute Gasteiger partial charge is 0.410 e. The van der Waals surface area contributed by atoms with Gasteiger partial charge in [0.2, 0.25) is 6.29 Å². The fourth-order valence-corrected chi connectivity index (χ4v) is 3.09. The maximum absolute atomic E-state index is 15.2. The van der Waals surface area contributed by atoms with Crippen LogP contribution in [0.25, 0.3) is 0 Å². The first kappa shape index (κ1) is 20.2. The largest absolute Gasteiger partial charge is 0.444 e. The first-order valence-corrected chi connectivity index (χ1v) is 9.01. The van der Waals surface area contributed by atoms with Gasteiger partial charge in [0.1, 0.15) is 5.60 Å². The molecular weight excluding hydrogens is 371 g/mol. The number of halogens is 1. The number of nitrogens with zero attached hydrogens (tertiary/aromatic N) is 2. The second-order valence-corrected chi connectivity index (χ2v) is 7.91. The van der Waals surface area contributed by atoms with Gasteiger partial charge in [0.05, 0.1) is 11.1 Å². The summed E-state index contributed by atoms with van der Waals surface area (Å²) in [7, 11) is 0. The minimum absolute atomic E-state index is 0.00789. The third-order valence-electron chi connectivity index (χ3n) is 4.65. The number of ether oxygens (including phenoxy) is 1. The van der Waals surface area contributed by atoms with Crippen molar-refractivity contribution < 1.29 is 33.5 Å². The van der Waals surface area contributed by atoms with Crippen LogP contribution in [-0.2, 0) is 9.57 Å². The van der Waals surface area contributed by atoms with E-state index in [1.54, 1.807) is 32.9 Å². The molecular formula is C19H23FN2O6. The number of fused-ring (bicyclic) bond motifs is 1. The molecule has 0 spiro atoms. The van der Waals surface area contributed by atoms with E-state index in [4.69, 9.17) is 9.57 Å². The summed E-state index contributed by atoms with van der Waals surface area (Å²) < 4.78 is 20.4. The molecule has 0 aliphatic carbocycles. The summed E-state index contributed by atoms with van der Waals surface area (Å²) in [4.78, 5) is 43.0. The van der Waals surface area contributed by atoms with Crippen LogP contribution in [0.3, 0.4) is 0 Å². The number of rotatable bonds is 3. The highest BCUT2D eigenvalue weighted by Crippen LogP contribution is 2.33. The molecule has 1 saturated heterocycles. The summed E-state index contributed by atoms with van der Waals surface area (Å²) in [6.45, 7) is 5.21. The fourth-order valence-electron chi connectivity index (χ4n) is 3.09. The second-order valence-electron chi connectivity index (χ2n) is 7.91. The molecule has 1 N–H and O–H groups in total. The highest BCUT2D eigenvalue weighted by molar-refractivity contribution is 6.20. The van der Waals surface area contributed by atoms with Crippen LogP contribution in [-0.4, -0.2) is 63.6 Å². The molecule has 152 valence electrons. The number of hydrogen-bond acceptors (Lipinski definition) is 6. The SMILES string of the molecule is CC(C)(C)OC(=O)N1CCC(F)(C(O)ON2C(=O)c3ccccc3C2=O)CC1. The number of hydroxylamine groups is 2. The Morgan fingerprint density at radius 2 is 1.64 bits per heavy atom. The van der Waals surface area contributed by atoms with Gasteiger partial charge in [0.15, 0.2) is 5.67 Å². The van der Waals surface area contributed by atoms with Gasteiger partial charge in [-0.25, -0.2) is 14.0 Å². The highest BCUT2D eigenvalue weighted by atomic mass is 19.1. The van der Waals surface area contributed by atoms with Crippen molar-refractivity contribution in [2.75, 3.05) is 13.1 Å². The van der Waals surface area contributed by atoms with Crippen molar-refractivity contribution in [2.45, 2.75) is 51.2 Å². The van der Waals surface area contributed by atoms with E-state index in [0.29, 0.717) is 5.06 Å². The summed E-state index contributed by atoms with van der Waals surface area (Å²) in [6, 6.07) is 6.09. The van der Waals surface area contributed by atoms with Gasteiger partial charge in [0.25, 0.3) is 11.8 Å². The molecule has 1 unspecified atom stereocenters. The van der Waals surface area contributed by atoms with E-state index in [-0.39, 0.29) is 37.1 Å². The molecule has 9 heteroatoms. The lowest BCUT2D eigenvalue weighted by atomic mass is 9.93. The molecule has 0 radical (unpaired) electrons. The quantitative estimate of drug-likeness (QED) is 0.624. The first-order chi connectivity index (χ1) is 13.0. The molecule has 3 rings (SSSR count). The number of carbonyl (C=O) groups excluding carboxylic acids is 3. The fraction of sp³-hybridized carbons (Fsp3) is 0.526. The van der Waals surface area contributed by atoms with Gasteiger partial charge in [-0.15, -0.1) is 5.06 Å². The van der Waals surface area contributed by atoms with Crippen molar-refractivity contribution >= 4 is 17.9 Å². The molecule has 2 aliphatic heterocycles. The summed E-state index contributed by atoms with van der Waals surface area (Å²) in [5, 5.41) is 10.6. The Bertz CT molecular complexity index is 763. The molecule has 2 heterocycles. The lowest BCUT2D eigenvalue weighted by Gasteiger charge is -2.39. The Morgan fingerprint density at radius 1 is 1.14 bits per heavy atom. The van der Waals surface area contributed by atoms with Crippen molar-refractivity contribution in [3.05, 3.63) is 35.4 Å². The van der Waals surface area contributed by atoms with E-state index in [1.807, 2.05) is 0 Å². The summed E-state index contributed by atoms with van der Waals surface area (Å²) in [5.41, 5.74) is -2.62. The first-order valence-electron chi connectivity index (χ1n) is 9.01. The number of likely N-dealkylation sites (tertiary alicyclic amines) is 1. The number of piperidine rings is 1. The molecule has 0 aromatic heterocycles. The lowest BCUT2D eigenvalue weighted by Crippen LogP contribution is -2.53. The van der Waals surface area contributed by atoms with Gasteiger partial charge < -0.3 is 14.7 Å². The topological polar surface area (TPSA) is 96.4 Å². The van der Waals surface area contributed by atoms with E-state index >= 15 is 4.39 Å². The molecule has 1 fully saturated rings. The van der Waals surface area contributed by atoms with Crippen LogP contribution in [0.4, 0.5) is 9.18 Å². The second kappa shape index (κ2) is 7.14. The third kappa shape index (κ3) is 3.85. The number of alkyl halides is 1. The predicted molar refractivity (Wildman–Crippen MR) is 94.9 cm³/mol. The number of imide groups is 1. The standard InChI is InChI=1S/C19H23FN2O6/c1-18(2,3)27-17(26)21-10-8-19(20,9-11-21)16(25)28-22-14(23)12-6-4-5-7-13(12)15(22)24/h4-7,16,25H,8-11H2,1-3H3. The van der Waals surface area contributed by atoms with Gasteiger partial charge in [-0.1, -0.05) is 12.1 Å². The van der Waals surface area contributed by atoms with Crippen LogP contribution >= 0.6 is 0 Å². The minimum Gasteiger partial charge on any atom is -0.444 e. The summed E-state index contributed by atoms with van der Waals surface area (Å²) >= 11 is 0. The Hall–Kier alpha value is -2.52. The molecule has 28 heavy (non-hydrogen) atoms. The third-order valence-corrected chi connectivity index (χ3v) is 4.65. The molecule has 1 aromatic rings. The Morgan fingerprint density at radius 3 is 2.11 bits per heavy atom. The van der Waals surface area contributed by atoms with Crippen molar-refractivity contribution in [1.29, 1.82) is 0 Å². The van der Waals surface area contributed by atoms with Crippen LogP contribution < -0.4 is 0 Å². The van der Waals surface area contributed by atoms with Gasteiger partial charge in [0, 0.05) is 25.9 Å². The monoisotopic (exact) mass is 394 g/mol. The zero-order chi connectivity index (χ0) is 20.7. The maximum atomic E-state index is 15.2. The predicted octanol–water partition coefficient (Wildman–Crippen LogP) is 2.27. The van der Waals surface area contributed by atoms with Crippen LogP contribution in [0.5, 0.6) is 0 Å². The number of benzene rings is 1. The number of hydrogen-bond donors (Lipinski definition) is 1. The molecule has 1 aromatic carbocycles. The number of aliphatic hydroxyl groups is 1. The molecule has 0 bridgehead atoms. The Balaban J connectivity index is 1.61. The molecule has 3 amide bonds. The lowest BCUT2D eigenvalue weighted by molar-refractivity contribution is -0.268. The average molecular weight is 394 g/mol. The summed E-state index contributed by atoms with van der Waals surface area (Å²) in [5.74, 6) is -1.51.